The summed E-state index contributed by atoms with van der Waals surface area (Å²) >= 11 is 0. The van der Waals surface area contributed by atoms with Crippen molar-refractivity contribution >= 4 is 17.5 Å². The average molecular weight is 321 g/mol. The van der Waals surface area contributed by atoms with E-state index in [9.17, 15) is 13.2 Å². The van der Waals surface area contributed by atoms with Crippen LogP contribution >= 0.6 is 0 Å². The van der Waals surface area contributed by atoms with E-state index in [1.807, 2.05) is 6.07 Å². The summed E-state index contributed by atoms with van der Waals surface area (Å²) in [7, 11) is 0. The molecule has 0 radical (unpaired) electrons. The average Bonchev–Trinajstić information content (AvgIpc) is 2.45. The molecule has 8 heteroatoms. The molecule has 23 heavy (non-hydrogen) atoms. The molecule has 0 saturated carbocycles. The van der Waals surface area contributed by atoms with Gasteiger partial charge in [-0.15, -0.1) is 0 Å². The van der Waals surface area contributed by atoms with Crippen LogP contribution in [0, 0.1) is 11.3 Å². The molecule has 0 amide bonds. The van der Waals surface area contributed by atoms with Crippen LogP contribution in [0.15, 0.2) is 30.3 Å². The zero-order valence-corrected chi connectivity index (χ0v) is 12.4. The van der Waals surface area contributed by atoms with Gasteiger partial charge in [-0.05, 0) is 32.0 Å². The first-order chi connectivity index (χ1) is 10.8. The van der Waals surface area contributed by atoms with Crippen molar-refractivity contribution in [2.24, 2.45) is 0 Å². The molecule has 1 aromatic heterocycles. The fourth-order valence-corrected chi connectivity index (χ4v) is 1.79. The molecule has 0 atom stereocenters. The second kappa shape index (κ2) is 6.52. The standard InChI is InChI=1S/C15H14F3N5/c1-9(2)20-14-22-12(15(16,17)18)7-13(23-14)21-11-5-3-4-10(6-11)8-19/h3-7,9H,1-2H3,(H2,20,21,22,23). The molecule has 2 N–H and O–H groups in total. The van der Waals surface area contributed by atoms with Gasteiger partial charge in [0.2, 0.25) is 5.95 Å². The molecular formula is C15H14F3N5. The van der Waals surface area contributed by atoms with Gasteiger partial charge < -0.3 is 10.6 Å². The van der Waals surface area contributed by atoms with Gasteiger partial charge in [0.1, 0.15) is 5.82 Å². The van der Waals surface area contributed by atoms with Gasteiger partial charge in [-0.3, -0.25) is 0 Å². The number of benzene rings is 1. The van der Waals surface area contributed by atoms with E-state index in [-0.39, 0.29) is 17.8 Å². The summed E-state index contributed by atoms with van der Waals surface area (Å²) in [4.78, 5) is 7.50. The molecule has 0 aliphatic carbocycles. The van der Waals surface area contributed by atoms with E-state index in [0.717, 1.165) is 6.07 Å². The summed E-state index contributed by atoms with van der Waals surface area (Å²) in [5.74, 6) is -0.126. The van der Waals surface area contributed by atoms with Crippen molar-refractivity contribution in [1.29, 1.82) is 5.26 Å². The van der Waals surface area contributed by atoms with Crippen molar-refractivity contribution in [3.05, 3.63) is 41.6 Å². The number of alkyl halides is 3. The lowest BCUT2D eigenvalue weighted by Gasteiger charge is -2.14. The Bertz CT molecular complexity index is 735. The number of hydrogen-bond acceptors (Lipinski definition) is 5. The largest absolute Gasteiger partial charge is 0.433 e. The Labute approximate surface area is 131 Å². The molecule has 0 unspecified atom stereocenters. The Hall–Kier alpha value is -2.82. The van der Waals surface area contributed by atoms with E-state index >= 15 is 0 Å². The third-order valence-corrected chi connectivity index (χ3v) is 2.70. The maximum atomic E-state index is 13.0. The molecule has 0 aliphatic rings. The quantitative estimate of drug-likeness (QED) is 0.892. The van der Waals surface area contributed by atoms with Crippen molar-refractivity contribution < 1.29 is 13.2 Å². The summed E-state index contributed by atoms with van der Waals surface area (Å²) in [6.07, 6.45) is -4.58. The van der Waals surface area contributed by atoms with E-state index in [4.69, 9.17) is 5.26 Å². The number of halogens is 3. The monoisotopic (exact) mass is 321 g/mol. The number of nitrogens with one attached hydrogen (secondary N) is 2. The van der Waals surface area contributed by atoms with E-state index in [1.165, 1.54) is 6.07 Å². The van der Waals surface area contributed by atoms with Gasteiger partial charge in [0.15, 0.2) is 5.69 Å². The first-order valence-electron chi connectivity index (χ1n) is 6.78. The van der Waals surface area contributed by atoms with Crippen LogP contribution in [0.1, 0.15) is 25.1 Å². The molecule has 5 nitrogen and oxygen atoms in total. The van der Waals surface area contributed by atoms with Crippen molar-refractivity contribution in [3.63, 3.8) is 0 Å². The molecule has 0 bridgehead atoms. The predicted octanol–water partition coefficient (Wildman–Crippen LogP) is 3.93. The van der Waals surface area contributed by atoms with E-state index < -0.39 is 11.9 Å². The maximum absolute atomic E-state index is 13.0. The van der Waals surface area contributed by atoms with E-state index in [1.54, 1.807) is 32.0 Å². The number of nitriles is 1. The molecule has 2 aromatic rings. The van der Waals surface area contributed by atoms with Gasteiger partial charge in [-0.25, -0.2) is 4.98 Å². The van der Waals surface area contributed by atoms with Crippen LogP contribution in [0.4, 0.5) is 30.6 Å². The number of anilines is 3. The fraction of sp³-hybridized carbons (Fsp3) is 0.267. The van der Waals surface area contributed by atoms with Gasteiger partial charge >= 0.3 is 6.18 Å². The highest BCUT2D eigenvalue weighted by molar-refractivity contribution is 5.59. The molecule has 1 aromatic carbocycles. The van der Waals surface area contributed by atoms with Gasteiger partial charge in [0.05, 0.1) is 11.6 Å². The minimum absolute atomic E-state index is 0.00874. The molecule has 2 rings (SSSR count). The van der Waals surface area contributed by atoms with Crippen LogP contribution in [0.5, 0.6) is 0 Å². The number of aromatic nitrogens is 2. The van der Waals surface area contributed by atoms with E-state index in [2.05, 4.69) is 20.6 Å². The Morgan fingerprint density at radius 2 is 1.91 bits per heavy atom. The lowest BCUT2D eigenvalue weighted by Crippen LogP contribution is -2.17. The van der Waals surface area contributed by atoms with Crippen molar-refractivity contribution in [2.45, 2.75) is 26.1 Å². The summed E-state index contributed by atoms with van der Waals surface area (Å²) in [5.41, 5.74) is -0.193. The Balaban J connectivity index is 2.38. The normalized spacial score (nSPS) is 11.2. The fourth-order valence-electron chi connectivity index (χ4n) is 1.79. The molecule has 0 spiro atoms. The lowest BCUT2D eigenvalue weighted by molar-refractivity contribution is -0.141. The van der Waals surface area contributed by atoms with E-state index in [0.29, 0.717) is 11.3 Å². The zero-order valence-electron chi connectivity index (χ0n) is 12.4. The molecule has 0 saturated heterocycles. The van der Waals surface area contributed by atoms with Crippen LogP contribution in [0.25, 0.3) is 0 Å². The van der Waals surface area contributed by atoms with Crippen LogP contribution in [0.2, 0.25) is 0 Å². The smallest absolute Gasteiger partial charge is 0.352 e. The second-order valence-electron chi connectivity index (χ2n) is 5.08. The van der Waals surface area contributed by atoms with Gasteiger partial charge in [-0.2, -0.15) is 23.4 Å². The van der Waals surface area contributed by atoms with Crippen LogP contribution in [-0.2, 0) is 6.18 Å². The topological polar surface area (TPSA) is 73.6 Å². The highest BCUT2D eigenvalue weighted by Gasteiger charge is 2.33. The maximum Gasteiger partial charge on any atom is 0.433 e. The van der Waals surface area contributed by atoms with Crippen LogP contribution in [0.3, 0.4) is 0 Å². The zero-order chi connectivity index (χ0) is 17.0. The second-order valence-corrected chi connectivity index (χ2v) is 5.08. The molecule has 1 heterocycles. The van der Waals surface area contributed by atoms with Gasteiger partial charge in [0, 0.05) is 17.8 Å². The molecular weight excluding hydrogens is 307 g/mol. The van der Waals surface area contributed by atoms with Crippen LogP contribution < -0.4 is 10.6 Å². The number of nitrogens with zero attached hydrogens (tertiary/aromatic N) is 3. The van der Waals surface area contributed by atoms with Gasteiger partial charge in [-0.1, -0.05) is 6.07 Å². The highest BCUT2D eigenvalue weighted by atomic mass is 19.4. The Morgan fingerprint density at radius 1 is 1.17 bits per heavy atom. The van der Waals surface area contributed by atoms with Crippen molar-refractivity contribution in [2.75, 3.05) is 10.6 Å². The number of rotatable bonds is 4. The highest BCUT2D eigenvalue weighted by Crippen LogP contribution is 2.30. The van der Waals surface area contributed by atoms with Gasteiger partial charge in [0.25, 0.3) is 0 Å². The lowest BCUT2D eigenvalue weighted by atomic mass is 10.2. The number of hydrogen-bond donors (Lipinski definition) is 2. The summed E-state index contributed by atoms with van der Waals surface area (Å²) in [6.45, 7) is 3.54. The van der Waals surface area contributed by atoms with Crippen molar-refractivity contribution in [3.8, 4) is 6.07 Å². The SMILES string of the molecule is CC(C)Nc1nc(Nc2cccc(C#N)c2)cc(C(F)(F)F)n1. The first-order valence-corrected chi connectivity index (χ1v) is 6.78. The molecule has 0 aliphatic heterocycles. The predicted molar refractivity (Wildman–Crippen MR) is 80.2 cm³/mol. The summed E-state index contributed by atoms with van der Waals surface area (Å²) < 4.78 is 38.9. The van der Waals surface area contributed by atoms with Crippen molar-refractivity contribution in [1.82, 2.24) is 9.97 Å². The molecule has 120 valence electrons. The summed E-state index contributed by atoms with van der Waals surface area (Å²) in [5, 5.41) is 14.4. The molecule has 0 fully saturated rings. The minimum atomic E-state index is -4.58. The Kier molecular flexibility index (Phi) is 4.69. The third kappa shape index (κ3) is 4.57. The van der Waals surface area contributed by atoms with Crippen LogP contribution in [-0.4, -0.2) is 16.0 Å². The minimum Gasteiger partial charge on any atom is -0.352 e. The Morgan fingerprint density at radius 3 is 2.52 bits per heavy atom. The summed E-state index contributed by atoms with van der Waals surface area (Å²) in [6, 6.07) is 9.04. The third-order valence-electron chi connectivity index (χ3n) is 2.70. The first kappa shape index (κ1) is 16.5.